The molecule has 2 aliphatic rings. The number of ether oxygens (including phenoxy) is 1. The smallest absolute Gasteiger partial charge is 0.322 e. The number of urea groups is 1. The second-order valence-electron chi connectivity index (χ2n) is 5.26. The molecule has 1 spiro atoms. The highest BCUT2D eigenvalue weighted by atomic mass is 19.1. The zero-order chi connectivity index (χ0) is 15.5. The number of halogens is 1. The van der Waals surface area contributed by atoms with Crippen LogP contribution in [0.3, 0.4) is 0 Å². The van der Waals surface area contributed by atoms with Crippen LogP contribution in [0.1, 0.15) is 11.1 Å². The highest BCUT2D eigenvalue weighted by Crippen LogP contribution is 2.49. The Morgan fingerprint density at radius 2 is 1.86 bits per heavy atom. The number of fused-ring (bicyclic) bond motifs is 5. The first-order valence-electron chi connectivity index (χ1n) is 6.69. The van der Waals surface area contributed by atoms with Crippen LogP contribution in [0.5, 0.6) is 5.75 Å². The third-order valence-corrected chi connectivity index (χ3v) is 4.18. The van der Waals surface area contributed by atoms with Gasteiger partial charge in [0, 0.05) is 5.56 Å². The van der Waals surface area contributed by atoms with Gasteiger partial charge in [-0.3, -0.25) is 10.1 Å². The van der Waals surface area contributed by atoms with E-state index in [-0.39, 0.29) is 0 Å². The number of hydrogen-bond acceptors (Lipinski definition) is 3. The van der Waals surface area contributed by atoms with Gasteiger partial charge in [-0.1, -0.05) is 12.1 Å². The highest BCUT2D eigenvalue weighted by molar-refractivity contribution is 6.13. The Morgan fingerprint density at radius 1 is 1.05 bits per heavy atom. The lowest BCUT2D eigenvalue weighted by atomic mass is 9.87. The van der Waals surface area contributed by atoms with Gasteiger partial charge in [0.25, 0.3) is 5.91 Å². The Kier molecular flexibility index (Phi) is 2.37. The number of amides is 3. The fraction of sp³-hybridized carbons (Fsp3) is 0.125. The van der Waals surface area contributed by atoms with Gasteiger partial charge in [0.05, 0.1) is 7.11 Å². The van der Waals surface area contributed by atoms with Crippen molar-refractivity contribution >= 4 is 11.9 Å². The summed E-state index contributed by atoms with van der Waals surface area (Å²) in [5.41, 5.74) is 1.10. The van der Waals surface area contributed by atoms with Gasteiger partial charge in [-0.05, 0) is 41.0 Å². The molecular weight excluding hydrogens is 287 g/mol. The zero-order valence-corrected chi connectivity index (χ0v) is 11.6. The van der Waals surface area contributed by atoms with Gasteiger partial charge in [0.1, 0.15) is 11.6 Å². The van der Waals surface area contributed by atoms with Gasteiger partial charge in [0.2, 0.25) is 0 Å². The topological polar surface area (TPSA) is 67.4 Å². The second-order valence-corrected chi connectivity index (χ2v) is 5.26. The van der Waals surface area contributed by atoms with Crippen LogP contribution in [-0.4, -0.2) is 19.0 Å². The standard InChI is InChI=1S/C16H11FN2O3/c1-22-9-3-5-12-11(7-9)10-4-2-8(17)6-13(10)16(12)14(20)18-15(21)19-16/h2-7H,1H3,(H2,18,19,20,21). The van der Waals surface area contributed by atoms with Crippen LogP contribution in [0.15, 0.2) is 36.4 Å². The molecule has 110 valence electrons. The minimum Gasteiger partial charge on any atom is -0.497 e. The lowest BCUT2D eigenvalue weighted by Crippen LogP contribution is -2.43. The van der Waals surface area contributed by atoms with E-state index in [1.165, 1.54) is 12.1 Å². The van der Waals surface area contributed by atoms with Crippen molar-refractivity contribution in [1.82, 2.24) is 10.6 Å². The third kappa shape index (κ3) is 1.41. The molecular formula is C16H11FN2O3. The minimum atomic E-state index is -1.38. The number of nitrogens with one attached hydrogen (secondary N) is 2. The summed E-state index contributed by atoms with van der Waals surface area (Å²) < 4.78 is 18.9. The van der Waals surface area contributed by atoms with E-state index in [1.54, 1.807) is 31.4 Å². The number of imide groups is 1. The molecule has 0 radical (unpaired) electrons. The molecule has 2 N–H and O–H groups in total. The first kappa shape index (κ1) is 12.8. The summed E-state index contributed by atoms with van der Waals surface area (Å²) in [6, 6.07) is 8.83. The highest BCUT2D eigenvalue weighted by Gasteiger charge is 2.55. The maximum atomic E-state index is 13.7. The van der Waals surface area contributed by atoms with E-state index >= 15 is 0 Å². The molecule has 1 aliphatic carbocycles. The fourth-order valence-electron chi connectivity index (χ4n) is 3.24. The van der Waals surface area contributed by atoms with Crippen molar-refractivity contribution in [1.29, 1.82) is 0 Å². The summed E-state index contributed by atoms with van der Waals surface area (Å²) in [7, 11) is 1.54. The summed E-state index contributed by atoms with van der Waals surface area (Å²) in [5, 5.41) is 4.89. The Balaban J connectivity index is 2.08. The van der Waals surface area contributed by atoms with Crippen LogP contribution >= 0.6 is 0 Å². The maximum Gasteiger partial charge on any atom is 0.322 e. The van der Waals surface area contributed by atoms with Crippen LogP contribution < -0.4 is 15.4 Å². The number of hydrogen-bond donors (Lipinski definition) is 2. The summed E-state index contributed by atoms with van der Waals surface area (Å²) >= 11 is 0. The quantitative estimate of drug-likeness (QED) is 0.790. The number of carbonyl (C=O) groups is 2. The largest absolute Gasteiger partial charge is 0.497 e. The van der Waals surface area contributed by atoms with E-state index in [0.29, 0.717) is 22.4 Å². The van der Waals surface area contributed by atoms with Crippen LogP contribution in [0.2, 0.25) is 0 Å². The first-order chi connectivity index (χ1) is 10.6. The van der Waals surface area contributed by atoms with Gasteiger partial charge >= 0.3 is 6.03 Å². The van der Waals surface area contributed by atoms with E-state index in [0.717, 1.165) is 5.56 Å². The monoisotopic (exact) mass is 298 g/mol. The van der Waals surface area contributed by atoms with E-state index in [1.807, 2.05) is 0 Å². The molecule has 1 unspecified atom stereocenters. The lowest BCUT2D eigenvalue weighted by molar-refractivity contribution is -0.122. The van der Waals surface area contributed by atoms with Crippen molar-refractivity contribution < 1.29 is 18.7 Å². The molecule has 0 bridgehead atoms. The summed E-state index contributed by atoms with van der Waals surface area (Å²) in [6.07, 6.45) is 0. The zero-order valence-electron chi connectivity index (χ0n) is 11.6. The van der Waals surface area contributed by atoms with Crippen LogP contribution in [0.25, 0.3) is 11.1 Å². The number of benzene rings is 2. The van der Waals surface area contributed by atoms with Crippen molar-refractivity contribution in [2.75, 3.05) is 7.11 Å². The van der Waals surface area contributed by atoms with Crippen LogP contribution in [0.4, 0.5) is 9.18 Å². The molecule has 3 amide bonds. The van der Waals surface area contributed by atoms with Crippen LogP contribution in [0, 0.1) is 5.82 Å². The van der Waals surface area contributed by atoms with E-state index < -0.39 is 23.3 Å². The van der Waals surface area contributed by atoms with Gasteiger partial charge in [-0.2, -0.15) is 0 Å². The first-order valence-corrected chi connectivity index (χ1v) is 6.69. The Morgan fingerprint density at radius 3 is 2.55 bits per heavy atom. The molecule has 1 atom stereocenters. The van der Waals surface area contributed by atoms with E-state index in [9.17, 15) is 14.0 Å². The second kappa shape index (κ2) is 4.07. The maximum absolute atomic E-state index is 13.7. The SMILES string of the molecule is COc1ccc2c(c1)-c1ccc(F)cc1C21NC(=O)NC1=O. The van der Waals surface area contributed by atoms with Crippen molar-refractivity contribution in [3.05, 3.63) is 53.3 Å². The lowest BCUT2D eigenvalue weighted by Gasteiger charge is -2.23. The van der Waals surface area contributed by atoms with Gasteiger partial charge < -0.3 is 10.1 Å². The van der Waals surface area contributed by atoms with E-state index in [2.05, 4.69) is 10.6 Å². The number of rotatable bonds is 1. The Hall–Kier alpha value is -2.89. The fourth-order valence-corrected chi connectivity index (χ4v) is 3.24. The molecule has 0 saturated carbocycles. The summed E-state index contributed by atoms with van der Waals surface area (Å²) in [6.45, 7) is 0. The van der Waals surface area contributed by atoms with Crippen molar-refractivity contribution in [3.63, 3.8) is 0 Å². The molecule has 4 rings (SSSR count). The van der Waals surface area contributed by atoms with Crippen molar-refractivity contribution in [2.24, 2.45) is 0 Å². The predicted molar refractivity (Wildman–Crippen MR) is 75.8 cm³/mol. The molecule has 0 aromatic heterocycles. The molecule has 6 heteroatoms. The van der Waals surface area contributed by atoms with Gasteiger partial charge in [0.15, 0.2) is 5.54 Å². The number of carbonyl (C=O) groups excluding carboxylic acids is 2. The third-order valence-electron chi connectivity index (χ3n) is 4.18. The molecule has 1 aliphatic heterocycles. The average Bonchev–Trinajstić information content (AvgIpc) is 2.95. The molecule has 1 fully saturated rings. The molecule has 1 heterocycles. The molecule has 2 aromatic carbocycles. The Bertz CT molecular complexity index is 849. The molecule has 22 heavy (non-hydrogen) atoms. The molecule has 1 saturated heterocycles. The van der Waals surface area contributed by atoms with Crippen molar-refractivity contribution in [2.45, 2.75) is 5.54 Å². The molecule has 2 aromatic rings. The normalized spacial score (nSPS) is 21.4. The van der Waals surface area contributed by atoms with Crippen LogP contribution in [-0.2, 0) is 10.3 Å². The van der Waals surface area contributed by atoms with Gasteiger partial charge in [-0.25, -0.2) is 9.18 Å². The summed E-state index contributed by atoms with van der Waals surface area (Å²) in [5.74, 6) is -0.351. The minimum absolute atomic E-state index is 0.430. The van der Waals surface area contributed by atoms with Gasteiger partial charge in [-0.15, -0.1) is 0 Å². The average molecular weight is 298 g/mol. The molecule has 5 nitrogen and oxygen atoms in total. The number of methoxy groups -OCH3 is 1. The summed E-state index contributed by atoms with van der Waals surface area (Å²) in [4.78, 5) is 24.1. The van der Waals surface area contributed by atoms with E-state index in [4.69, 9.17) is 4.74 Å². The Labute approximate surface area is 125 Å². The van der Waals surface area contributed by atoms with Crippen molar-refractivity contribution in [3.8, 4) is 16.9 Å². The predicted octanol–water partition coefficient (Wildman–Crippen LogP) is 1.90.